The minimum Gasteiger partial charge on any atom is -0.340 e. The lowest BCUT2D eigenvalue weighted by Crippen LogP contribution is -2.27. The van der Waals surface area contributed by atoms with Gasteiger partial charge in [0.15, 0.2) is 5.16 Å². The molecule has 0 radical (unpaired) electrons. The Hall–Kier alpha value is -1.50. The maximum absolute atomic E-state index is 12.2. The highest BCUT2D eigenvalue weighted by molar-refractivity contribution is 7.99. The van der Waals surface area contributed by atoms with Crippen LogP contribution in [0.1, 0.15) is 4.88 Å². The molecule has 7 heteroatoms. The van der Waals surface area contributed by atoms with Crippen molar-refractivity contribution in [2.45, 2.75) is 11.7 Å². The van der Waals surface area contributed by atoms with Crippen LogP contribution in [-0.2, 0) is 11.3 Å². The number of thioether (sulfide) groups is 1. The number of imidazole rings is 1. The van der Waals surface area contributed by atoms with Crippen molar-refractivity contribution in [3.8, 4) is 0 Å². The van der Waals surface area contributed by atoms with Crippen molar-refractivity contribution in [2.75, 3.05) is 12.8 Å². The van der Waals surface area contributed by atoms with Gasteiger partial charge < -0.3 is 9.88 Å². The first-order valence-electron chi connectivity index (χ1n) is 6.67. The summed E-state index contributed by atoms with van der Waals surface area (Å²) in [6, 6.07) is 11.6. The molecule has 0 aliphatic rings. The van der Waals surface area contributed by atoms with E-state index in [1.807, 2.05) is 36.4 Å². The molecule has 0 atom stereocenters. The van der Waals surface area contributed by atoms with Crippen molar-refractivity contribution in [1.29, 1.82) is 0 Å². The van der Waals surface area contributed by atoms with E-state index in [4.69, 9.17) is 11.6 Å². The fraction of sp³-hybridized carbons (Fsp3) is 0.200. The van der Waals surface area contributed by atoms with Crippen LogP contribution in [0.4, 0.5) is 0 Å². The molecule has 2 aromatic heterocycles. The summed E-state index contributed by atoms with van der Waals surface area (Å²) >= 11 is 8.82. The number of hydrogen-bond donors (Lipinski definition) is 1. The largest absolute Gasteiger partial charge is 0.340 e. The molecule has 2 heterocycles. The van der Waals surface area contributed by atoms with Gasteiger partial charge in [-0.15, -0.1) is 11.3 Å². The van der Waals surface area contributed by atoms with E-state index in [2.05, 4.69) is 9.97 Å². The van der Waals surface area contributed by atoms with Crippen LogP contribution in [0.2, 0.25) is 4.34 Å². The van der Waals surface area contributed by atoms with E-state index in [0.717, 1.165) is 25.4 Å². The van der Waals surface area contributed by atoms with E-state index in [-0.39, 0.29) is 5.91 Å². The summed E-state index contributed by atoms with van der Waals surface area (Å²) in [7, 11) is 1.80. The summed E-state index contributed by atoms with van der Waals surface area (Å²) in [5, 5.41) is 0.766. The minimum atomic E-state index is 0.0648. The maximum Gasteiger partial charge on any atom is 0.233 e. The van der Waals surface area contributed by atoms with Crippen LogP contribution in [0.15, 0.2) is 41.6 Å². The molecule has 1 N–H and O–H groups in total. The molecular formula is C15H14ClN3OS2. The van der Waals surface area contributed by atoms with Gasteiger partial charge in [-0.25, -0.2) is 4.98 Å². The fourth-order valence-corrected chi connectivity index (χ4v) is 3.96. The Kier molecular flexibility index (Phi) is 4.71. The SMILES string of the molecule is CN(Cc1ccc(Cl)s1)C(=O)CSc1nc2ccccc2[nH]1. The first-order chi connectivity index (χ1) is 10.6. The summed E-state index contributed by atoms with van der Waals surface area (Å²) in [6.45, 7) is 0.580. The van der Waals surface area contributed by atoms with Crippen LogP contribution in [0.3, 0.4) is 0 Å². The van der Waals surface area contributed by atoms with Crippen LogP contribution in [0.5, 0.6) is 0 Å². The van der Waals surface area contributed by atoms with Gasteiger partial charge >= 0.3 is 0 Å². The molecule has 0 aliphatic heterocycles. The molecule has 0 spiro atoms. The number of H-pyrrole nitrogens is 1. The zero-order valence-electron chi connectivity index (χ0n) is 11.9. The topological polar surface area (TPSA) is 49.0 Å². The van der Waals surface area contributed by atoms with Gasteiger partial charge in [-0.1, -0.05) is 35.5 Å². The Morgan fingerprint density at radius 2 is 2.18 bits per heavy atom. The van der Waals surface area contributed by atoms with Gasteiger partial charge in [0.05, 0.1) is 27.7 Å². The smallest absolute Gasteiger partial charge is 0.233 e. The molecule has 3 rings (SSSR count). The predicted octanol–water partition coefficient (Wildman–Crippen LogP) is 4.03. The molecule has 1 aromatic carbocycles. The monoisotopic (exact) mass is 351 g/mol. The second-order valence-corrected chi connectivity index (χ2v) is 7.57. The van der Waals surface area contributed by atoms with Crippen LogP contribution < -0.4 is 0 Å². The number of nitrogens with zero attached hydrogens (tertiary/aromatic N) is 2. The van der Waals surface area contributed by atoms with Gasteiger partial charge in [-0.2, -0.15) is 0 Å². The summed E-state index contributed by atoms with van der Waals surface area (Å²) in [4.78, 5) is 22.6. The number of rotatable bonds is 5. The van der Waals surface area contributed by atoms with Crippen molar-refractivity contribution >= 4 is 51.6 Å². The van der Waals surface area contributed by atoms with Gasteiger partial charge in [-0.05, 0) is 24.3 Å². The number of amides is 1. The van der Waals surface area contributed by atoms with Crippen LogP contribution >= 0.6 is 34.7 Å². The third kappa shape index (κ3) is 3.63. The highest BCUT2D eigenvalue weighted by Crippen LogP contribution is 2.23. The number of carbonyl (C=O) groups is 1. The fourth-order valence-electron chi connectivity index (χ4n) is 2.00. The van der Waals surface area contributed by atoms with E-state index in [9.17, 15) is 4.79 Å². The maximum atomic E-state index is 12.2. The molecular weight excluding hydrogens is 338 g/mol. The van der Waals surface area contributed by atoms with E-state index in [1.165, 1.54) is 23.1 Å². The molecule has 114 valence electrons. The molecule has 0 unspecified atom stereocenters. The summed E-state index contributed by atoms with van der Waals surface area (Å²) in [5.74, 6) is 0.421. The second kappa shape index (κ2) is 6.73. The van der Waals surface area contributed by atoms with E-state index >= 15 is 0 Å². The van der Waals surface area contributed by atoms with Gasteiger partial charge in [0.25, 0.3) is 0 Å². The van der Waals surface area contributed by atoms with E-state index in [1.54, 1.807) is 11.9 Å². The zero-order valence-corrected chi connectivity index (χ0v) is 14.3. The normalized spacial score (nSPS) is 11.0. The van der Waals surface area contributed by atoms with Crippen molar-refractivity contribution < 1.29 is 4.79 Å². The number of nitrogens with one attached hydrogen (secondary N) is 1. The summed E-state index contributed by atoms with van der Waals surface area (Å²) in [5.41, 5.74) is 1.90. The number of benzene rings is 1. The number of carbonyl (C=O) groups excluding carboxylic acids is 1. The summed E-state index contributed by atoms with van der Waals surface area (Å²) < 4.78 is 0.743. The van der Waals surface area contributed by atoms with Crippen molar-refractivity contribution in [3.63, 3.8) is 0 Å². The Labute approximate surface area is 141 Å². The second-order valence-electron chi connectivity index (χ2n) is 4.80. The Balaban J connectivity index is 1.57. The molecule has 0 fully saturated rings. The average Bonchev–Trinajstić information content (AvgIpc) is 3.10. The van der Waals surface area contributed by atoms with Gasteiger partial charge in [-0.3, -0.25) is 4.79 Å². The van der Waals surface area contributed by atoms with Crippen LogP contribution in [-0.4, -0.2) is 33.6 Å². The average molecular weight is 352 g/mol. The standard InChI is InChI=1S/C15H14ClN3OS2/c1-19(8-10-6-7-13(16)22-10)14(20)9-21-15-17-11-4-2-3-5-12(11)18-15/h2-7H,8-9H2,1H3,(H,17,18). The lowest BCUT2D eigenvalue weighted by molar-refractivity contribution is -0.127. The van der Waals surface area contributed by atoms with Crippen molar-refractivity contribution in [2.24, 2.45) is 0 Å². The Morgan fingerprint density at radius 1 is 1.36 bits per heavy atom. The van der Waals surface area contributed by atoms with E-state index < -0.39 is 0 Å². The Morgan fingerprint density at radius 3 is 2.91 bits per heavy atom. The molecule has 4 nitrogen and oxygen atoms in total. The third-order valence-electron chi connectivity index (χ3n) is 3.15. The van der Waals surface area contributed by atoms with Crippen LogP contribution in [0, 0.1) is 0 Å². The van der Waals surface area contributed by atoms with Crippen molar-refractivity contribution in [1.82, 2.24) is 14.9 Å². The van der Waals surface area contributed by atoms with Crippen molar-refractivity contribution in [3.05, 3.63) is 45.6 Å². The summed E-state index contributed by atoms with van der Waals surface area (Å²) in [6.07, 6.45) is 0. The first-order valence-corrected chi connectivity index (χ1v) is 8.85. The number of para-hydroxylation sites is 2. The number of fused-ring (bicyclic) bond motifs is 1. The Bertz CT molecular complexity index is 766. The first kappa shape index (κ1) is 15.4. The van der Waals surface area contributed by atoms with Crippen LogP contribution in [0.25, 0.3) is 11.0 Å². The highest BCUT2D eigenvalue weighted by atomic mass is 35.5. The van der Waals surface area contributed by atoms with Gasteiger partial charge in [0.1, 0.15) is 0 Å². The highest BCUT2D eigenvalue weighted by Gasteiger charge is 2.12. The molecule has 0 saturated heterocycles. The molecule has 0 aliphatic carbocycles. The van der Waals surface area contributed by atoms with E-state index in [0.29, 0.717) is 12.3 Å². The molecule has 22 heavy (non-hydrogen) atoms. The number of halogens is 1. The zero-order chi connectivity index (χ0) is 15.5. The van der Waals surface area contributed by atoms with Gasteiger partial charge in [0.2, 0.25) is 5.91 Å². The lowest BCUT2D eigenvalue weighted by atomic mass is 10.3. The quantitative estimate of drug-likeness (QED) is 0.706. The third-order valence-corrected chi connectivity index (χ3v) is 5.22. The molecule has 0 saturated carbocycles. The number of hydrogen-bond acceptors (Lipinski definition) is 4. The van der Waals surface area contributed by atoms with Gasteiger partial charge in [0, 0.05) is 11.9 Å². The minimum absolute atomic E-state index is 0.0648. The molecule has 3 aromatic rings. The lowest BCUT2D eigenvalue weighted by Gasteiger charge is -2.15. The number of aromatic amines is 1. The molecule has 1 amide bonds. The number of thiophene rings is 1. The molecule has 0 bridgehead atoms. The predicted molar refractivity (Wildman–Crippen MR) is 92.6 cm³/mol. The number of aromatic nitrogens is 2.